The molecule has 0 amide bonds. The van der Waals surface area contributed by atoms with Gasteiger partial charge in [0.2, 0.25) is 0 Å². The van der Waals surface area contributed by atoms with Gasteiger partial charge in [-0.1, -0.05) is 0 Å². The Bertz CT molecular complexity index is 393. The maximum absolute atomic E-state index is 10.6. The van der Waals surface area contributed by atoms with Crippen LogP contribution >= 0.6 is 0 Å². The molecule has 0 fully saturated rings. The van der Waals surface area contributed by atoms with Crippen molar-refractivity contribution >= 4 is 17.1 Å². The van der Waals surface area contributed by atoms with Crippen LogP contribution in [0.5, 0.6) is 0 Å². The fraction of sp³-hybridized carbons (Fsp3) is 0.400. The molecule has 0 spiro atoms. The summed E-state index contributed by atoms with van der Waals surface area (Å²) in [7, 11) is 3.06. The van der Waals surface area contributed by atoms with Crippen LogP contribution in [0, 0.1) is 10.1 Å². The van der Waals surface area contributed by atoms with Crippen LogP contribution in [0.4, 0.5) is 17.1 Å². The van der Waals surface area contributed by atoms with Crippen LogP contribution < -0.4 is 11.1 Å². The largest absolute Gasteiger partial charge is 0.393 e. The van der Waals surface area contributed by atoms with E-state index in [1.54, 1.807) is 6.07 Å². The molecule has 3 N–H and O–H groups in total. The molecule has 0 aliphatic rings. The first kappa shape index (κ1) is 13.2. The first-order valence-corrected chi connectivity index (χ1v) is 4.92. The highest BCUT2D eigenvalue weighted by Gasteiger charge is 2.11. The van der Waals surface area contributed by atoms with Gasteiger partial charge >= 0.3 is 0 Å². The average molecular weight is 241 g/mol. The van der Waals surface area contributed by atoms with Gasteiger partial charge in [0.05, 0.1) is 11.5 Å². The van der Waals surface area contributed by atoms with Gasteiger partial charge in [-0.3, -0.25) is 10.1 Å². The third kappa shape index (κ3) is 3.58. The number of methoxy groups -OCH3 is 2. The molecule has 7 heteroatoms. The van der Waals surface area contributed by atoms with Crippen molar-refractivity contribution in [2.45, 2.75) is 6.29 Å². The van der Waals surface area contributed by atoms with Crippen LogP contribution in [-0.4, -0.2) is 32.0 Å². The molecule has 0 aliphatic heterocycles. The summed E-state index contributed by atoms with van der Waals surface area (Å²) in [4.78, 5) is 10.0. The summed E-state index contributed by atoms with van der Waals surface area (Å²) in [6.07, 6.45) is -0.383. The van der Waals surface area contributed by atoms with Crippen molar-refractivity contribution in [1.82, 2.24) is 0 Å². The van der Waals surface area contributed by atoms with E-state index in [0.717, 1.165) is 0 Å². The molecule has 7 nitrogen and oxygen atoms in total. The molecule has 0 aliphatic carbocycles. The number of nitrogen functional groups attached to an aromatic ring is 1. The Hall–Kier alpha value is -1.86. The SMILES string of the molecule is COC(CNc1ccc([N+](=O)[O-])c(N)c1)OC. The lowest BCUT2D eigenvalue weighted by atomic mass is 10.2. The van der Waals surface area contributed by atoms with Crippen molar-refractivity contribution in [2.75, 3.05) is 31.8 Å². The summed E-state index contributed by atoms with van der Waals surface area (Å²) in [5.74, 6) is 0. The minimum absolute atomic E-state index is 0.106. The molecule has 1 aromatic carbocycles. The summed E-state index contributed by atoms with van der Waals surface area (Å²) in [5.41, 5.74) is 6.23. The zero-order chi connectivity index (χ0) is 12.8. The van der Waals surface area contributed by atoms with Crippen LogP contribution in [0.1, 0.15) is 0 Å². The maximum atomic E-state index is 10.6. The fourth-order valence-corrected chi connectivity index (χ4v) is 1.29. The van der Waals surface area contributed by atoms with Gasteiger partial charge in [-0.25, -0.2) is 0 Å². The molecule has 0 saturated carbocycles. The first-order chi connectivity index (χ1) is 8.08. The van der Waals surface area contributed by atoms with Gasteiger partial charge in [-0.05, 0) is 12.1 Å². The number of nitrogens with zero attached hydrogens (tertiary/aromatic N) is 1. The lowest BCUT2D eigenvalue weighted by molar-refractivity contribution is -0.383. The normalized spacial score (nSPS) is 10.5. The monoisotopic (exact) mass is 241 g/mol. The first-order valence-electron chi connectivity index (χ1n) is 4.92. The second-order valence-electron chi connectivity index (χ2n) is 3.31. The Morgan fingerprint density at radius 2 is 2.12 bits per heavy atom. The van der Waals surface area contributed by atoms with Gasteiger partial charge in [0.25, 0.3) is 5.69 Å². The molecule has 1 rings (SSSR count). The van der Waals surface area contributed by atoms with E-state index in [4.69, 9.17) is 15.2 Å². The van der Waals surface area contributed by atoms with E-state index >= 15 is 0 Å². The molecule has 0 aromatic heterocycles. The number of nitrogens with two attached hydrogens (primary N) is 1. The van der Waals surface area contributed by atoms with Gasteiger partial charge in [0, 0.05) is 26.0 Å². The van der Waals surface area contributed by atoms with E-state index in [1.807, 2.05) is 0 Å². The summed E-state index contributed by atoms with van der Waals surface area (Å²) in [5, 5.41) is 13.6. The molecule has 17 heavy (non-hydrogen) atoms. The molecule has 1 aromatic rings. The summed E-state index contributed by atoms with van der Waals surface area (Å²) < 4.78 is 9.98. The van der Waals surface area contributed by atoms with E-state index in [2.05, 4.69) is 5.32 Å². The van der Waals surface area contributed by atoms with Crippen LogP contribution in [0.3, 0.4) is 0 Å². The lowest BCUT2D eigenvalue weighted by Gasteiger charge is -2.15. The number of nitro benzene ring substituents is 1. The highest BCUT2D eigenvalue weighted by Crippen LogP contribution is 2.24. The third-order valence-corrected chi connectivity index (χ3v) is 2.22. The fourth-order valence-electron chi connectivity index (χ4n) is 1.29. The second kappa shape index (κ2) is 6.02. The second-order valence-corrected chi connectivity index (χ2v) is 3.31. The highest BCUT2D eigenvalue weighted by molar-refractivity contribution is 5.65. The summed E-state index contributed by atoms with van der Waals surface area (Å²) in [6, 6.07) is 4.43. The summed E-state index contributed by atoms with van der Waals surface area (Å²) >= 11 is 0. The Morgan fingerprint density at radius 3 is 2.59 bits per heavy atom. The van der Waals surface area contributed by atoms with Crippen LogP contribution in [-0.2, 0) is 9.47 Å². The number of nitrogens with one attached hydrogen (secondary N) is 1. The van der Waals surface area contributed by atoms with E-state index in [1.165, 1.54) is 26.4 Å². The summed E-state index contributed by atoms with van der Waals surface area (Å²) in [6.45, 7) is 0.421. The predicted octanol–water partition coefficient (Wildman–Crippen LogP) is 1.21. The van der Waals surface area contributed by atoms with Crippen molar-refractivity contribution in [3.8, 4) is 0 Å². The van der Waals surface area contributed by atoms with Crippen LogP contribution in [0.2, 0.25) is 0 Å². The molecule has 0 heterocycles. The Labute approximate surface area is 98.7 Å². The third-order valence-electron chi connectivity index (χ3n) is 2.22. The van der Waals surface area contributed by atoms with Crippen molar-refractivity contribution in [1.29, 1.82) is 0 Å². The number of benzene rings is 1. The molecule has 0 saturated heterocycles. The van der Waals surface area contributed by atoms with Crippen LogP contribution in [0.25, 0.3) is 0 Å². The van der Waals surface area contributed by atoms with Gasteiger partial charge in [-0.2, -0.15) is 0 Å². The molecule has 0 radical (unpaired) electrons. The standard InChI is InChI=1S/C10H15N3O4/c1-16-10(17-2)6-12-7-3-4-9(13(14)15)8(11)5-7/h3-5,10,12H,6,11H2,1-2H3. The number of nitro groups is 1. The predicted molar refractivity (Wildman–Crippen MR) is 63.8 cm³/mol. The van der Waals surface area contributed by atoms with E-state index < -0.39 is 4.92 Å². The number of anilines is 2. The number of hydrogen-bond donors (Lipinski definition) is 2. The Kier molecular flexibility index (Phi) is 4.68. The number of rotatable bonds is 6. The van der Waals surface area contributed by atoms with Crippen LogP contribution in [0.15, 0.2) is 18.2 Å². The molecule has 94 valence electrons. The zero-order valence-corrected chi connectivity index (χ0v) is 9.67. The maximum Gasteiger partial charge on any atom is 0.292 e. The Balaban J connectivity index is 2.67. The lowest BCUT2D eigenvalue weighted by Crippen LogP contribution is -2.23. The van der Waals surface area contributed by atoms with Gasteiger partial charge in [0.15, 0.2) is 6.29 Å². The molecular weight excluding hydrogens is 226 g/mol. The van der Waals surface area contributed by atoms with Gasteiger partial charge in [-0.15, -0.1) is 0 Å². The van der Waals surface area contributed by atoms with Gasteiger partial charge in [0.1, 0.15) is 5.69 Å². The van der Waals surface area contributed by atoms with E-state index in [-0.39, 0.29) is 17.7 Å². The van der Waals surface area contributed by atoms with Crippen molar-refractivity contribution in [2.24, 2.45) is 0 Å². The number of hydrogen-bond acceptors (Lipinski definition) is 6. The zero-order valence-electron chi connectivity index (χ0n) is 9.67. The van der Waals surface area contributed by atoms with E-state index in [9.17, 15) is 10.1 Å². The number of ether oxygens (including phenoxy) is 2. The molecule has 0 atom stereocenters. The minimum atomic E-state index is -0.522. The topological polar surface area (TPSA) is 99.6 Å². The minimum Gasteiger partial charge on any atom is -0.393 e. The quantitative estimate of drug-likeness (QED) is 0.336. The van der Waals surface area contributed by atoms with Crippen molar-refractivity contribution in [3.05, 3.63) is 28.3 Å². The molecule has 0 bridgehead atoms. The Morgan fingerprint density at radius 1 is 1.47 bits per heavy atom. The van der Waals surface area contributed by atoms with Crippen molar-refractivity contribution < 1.29 is 14.4 Å². The van der Waals surface area contributed by atoms with Gasteiger partial charge < -0.3 is 20.5 Å². The average Bonchev–Trinajstić information content (AvgIpc) is 2.30. The van der Waals surface area contributed by atoms with E-state index in [0.29, 0.717) is 12.2 Å². The molecule has 0 unspecified atom stereocenters. The highest BCUT2D eigenvalue weighted by atomic mass is 16.7. The smallest absolute Gasteiger partial charge is 0.292 e. The molecular formula is C10H15N3O4. The van der Waals surface area contributed by atoms with Crippen molar-refractivity contribution in [3.63, 3.8) is 0 Å².